The molecule has 0 aliphatic heterocycles. The first-order chi connectivity index (χ1) is 9.74. The number of carbonyl (C=O) groups is 1. The molecule has 0 fully saturated rings. The topological polar surface area (TPSA) is 52.3 Å². The molecule has 3 aromatic rings. The summed E-state index contributed by atoms with van der Waals surface area (Å²) >= 11 is 4.83. The Morgan fingerprint density at radius 1 is 1.25 bits per heavy atom. The third-order valence-electron chi connectivity index (χ3n) is 2.52. The predicted molar refractivity (Wildman–Crippen MR) is 78.9 cm³/mol. The molecule has 0 atom stereocenters. The highest BCUT2D eigenvalue weighted by molar-refractivity contribution is 9.10. The minimum atomic E-state index is -0.552. The number of hydrogen-bond acceptors (Lipinski definition) is 5. The molecule has 0 aliphatic carbocycles. The molecule has 2 heterocycles. The molecular formula is C14H8BrNO3S. The Bertz CT molecular complexity index is 736. The van der Waals surface area contributed by atoms with Gasteiger partial charge in [0.25, 0.3) is 0 Å². The van der Waals surface area contributed by atoms with Crippen LogP contribution < -0.4 is 4.74 Å². The highest BCUT2D eigenvalue weighted by atomic mass is 79.9. The van der Waals surface area contributed by atoms with Gasteiger partial charge in [0.15, 0.2) is 11.5 Å². The van der Waals surface area contributed by atoms with E-state index in [2.05, 4.69) is 21.1 Å². The summed E-state index contributed by atoms with van der Waals surface area (Å²) < 4.78 is 11.1. The molecule has 0 unspecified atom stereocenters. The first-order valence-electron chi connectivity index (χ1n) is 5.71. The van der Waals surface area contributed by atoms with Crippen LogP contribution in [0.25, 0.3) is 10.6 Å². The average molecular weight is 350 g/mol. The zero-order valence-electron chi connectivity index (χ0n) is 10.1. The van der Waals surface area contributed by atoms with E-state index in [1.54, 1.807) is 24.3 Å². The quantitative estimate of drug-likeness (QED) is 0.519. The molecule has 0 saturated carbocycles. The number of benzene rings is 1. The zero-order valence-corrected chi connectivity index (χ0v) is 12.5. The Balaban J connectivity index is 1.80. The molecule has 0 radical (unpaired) electrons. The van der Waals surface area contributed by atoms with Crippen molar-refractivity contribution in [3.05, 3.63) is 58.0 Å². The first kappa shape index (κ1) is 13.1. The van der Waals surface area contributed by atoms with Crippen molar-refractivity contribution in [2.45, 2.75) is 0 Å². The second-order valence-corrected chi connectivity index (χ2v) is 5.68. The Hall–Kier alpha value is -1.92. The Morgan fingerprint density at radius 2 is 2.10 bits per heavy atom. The molecule has 0 aliphatic rings. The van der Waals surface area contributed by atoms with Gasteiger partial charge in [0.1, 0.15) is 5.75 Å². The summed E-state index contributed by atoms with van der Waals surface area (Å²) in [5.74, 6) is 0.445. The number of rotatable bonds is 3. The van der Waals surface area contributed by atoms with Crippen molar-refractivity contribution in [1.29, 1.82) is 0 Å². The van der Waals surface area contributed by atoms with E-state index in [1.807, 2.05) is 23.6 Å². The van der Waals surface area contributed by atoms with E-state index >= 15 is 0 Å². The number of ether oxygens (including phenoxy) is 1. The Labute approximate surface area is 127 Å². The van der Waals surface area contributed by atoms with E-state index in [-0.39, 0.29) is 5.69 Å². The number of carbonyl (C=O) groups excluding carboxylic acids is 1. The minimum Gasteiger partial charge on any atom is -0.421 e. The molecule has 4 nitrogen and oxygen atoms in total. The monoisotopic (exact) mass is 349 g/mol. The second-order valence-electron chi connectivity index (χ2n) is 3.87. The van der Waals surface area contributed by atoms with Gasteiger partial charge in [-0.1, -0.05) is 23.4 Å². The maximum absolute atomic E-state index is 12.0. The van der Waals surface area contributed by atoms with Crippen LogP contribution in [0.3, 0.4) is 0 Å². The number of para-hydroxylation sites is 1. The van der Waals surface area contributed by atoms with E-state index in [1.165, 1.54) is 11.3 Å². The standard InChI is InChI=1S/C14H8BrNO3S/c15-9-4-1-2-5-11(9)18-14(17)10-8-12(19-16-10)13-6-3-7-20-13/h1-8H. The summed E-state index contributed by atoms with van der Waals surface area (Å²) in [5, 5.41) is 5.67. The third kappa shape index (κ3) is 2.66. The number of esters is 1. The molecule has 100 valence electrons. The maximum atomic E-state index is 12.0. The van der Waals surface area contributed by atoms with Crippen molar-refractivity contribution in [3.63, 3.8) is 0 Å². The third-order valence-corrected chi connectivity index (χ3v) is 4.06. The second kappa shape index (κ2) is 5.60. The lowest BCUT2D eigenvalue weighted by molar-refractivity contribution is 0.0723. The van der Waals surface area contributed by atoms with Crippen molar-refractivity contribution in [3.8, 4) is 16.4 Å². The van der Waals surface area contributed by atoms with Crippen LogP contribution in [0.4, 0.5) is 0 Å². The number of thiophene rings is 1. The van der Waals surface area contributed by atoms with E-state index in [0.29, 0.717) is 16.0 Å². The Kier molecular flexibility index (Phi) is 3.66. The van der Waals surface area contributed by atoms with Crippen molar-refractivity contribution in [1.82, 2.24) is 5.16 Å². The van der Waals surface area contributed by atoms with E-state index < -0.39 is 5.97 Å². The van der Waals surface area contributed by atoms with Gasteiger partial charge in [-0.25, -0.2) is 4.79 Å². The van der Waals surface area contributed by atoms with Gasteiger partial charge in [-0.15, -0.1) is 11.3 Å². The average Bonchev–Trinajstić information content (AvgIpc) is 3.11. The van der Waals surface area contributed by atoms with Crippen LogP contribution in [0.5, 0.6) is 5.75 Å². The van der Waals surface area contributed by atoms with Crippen LogP contribution in [-0.2, 0) is 0 Å². The molecule has 20 heavy (non-hydrogen) atoms. The summed E-state index contributed by atoms with van der Waals surface area (Å²) in [7, 11) is 0. The zero-order chi connectivity index (χ0) is 13.9. The van der Waals surface area contributed by atoms with Gasteiger partial charge in [0.2, 0.25) is 0 Å². The lowest BCUT2D eigenvalue weighted by atomic mass is 10.3. The number of nitrogens with zero attached hydrogens (tertiary/aromatic N) is 1. The van der Waals surface area contributed by atoms with Crippen LogP contribution in [0.15, 0.2) is 56.8 Å². The predicted octanol–water partition coefficient (Wildman–Crippen LogP) is 4.38. The van der Waals surface area contributed by atoms with E-state index in [4.69, 9.17) is 9.26 Å². The number of halogens is 1. The van der Waals surface area contributed by atoms with E-state index in [9.17, 15) is 4.79 Å². The normalized spacial score (nSPS) is 10.4. The van der Waals surface area contributed by atoms with Crippen LogP contribution in [-0.4, -0.2) is 11.1 Å². The molecule has 0 amide bonds. The SMILES string of the molecule is O=C(Oc1ccccc1Br)c1cc(-c2cccs2)on1. The maximum Gasteiger partial charge on any atom is 0.365 e. The lowest BCUT2D eigenvalue weighted by Crippen LogP contribution is -2.08. The van der Waals surface area contributed by atoms with Gasteiger partial charge < -0.3 is 9.26 Å². The van der Waals surface area contributed by atoms with Crippen molar-refractivity contribution in [2.75, 3.05) is 0 Å². The van der Waals surface area contributed by atoms with Crippen molar-refractivity contribution in [2.24, 2.45) is 0 Å². The van der Waals surface area contributed by atoms with E-state index in [0.717, 1.165) is 4.88 Å². The van der Waals surface area contributed by atoms with Gasteiger partial charge in [-0.3, -0.25) is 0 Å². The van der Waals surface area contributed by atoms with Crippen molar-refractivity contribution >= 4 is 33.2 Å². The molecule has 0 bridgehead atoms. The van der Waals surface area contributed by atoms with Crippen LogP contribution in [0.1, 0.15) is 10.5 Å². The summed E-state index contributed by atoms with van der Waals surface area (Å²) in [6.07, 6.45) is 0. The molecule has 6 heteroatoms. The summed E-state index contributed by atoms with van der Waals surface area (Å²) in [6, 6.07) is 12.5. The fourth-order valence-electron chi connectivity index (χ4n) is 1.59. The van der Waals surface area contributed by atoms with Crippen LogP contribution in [0, 0.1) is 0 Å². The highest BCUT2D eigenvalue weighted by Crippen LogP contribution is 2.27. The number of aromatic nitrogens is 1. The molecule has 1 aromatic carbocycles. The molecule has 0 spiro atoms. The highest BCUT2D eigenvalue weighted by Gasteiger charge is 2.17. The summed E-state index contributed by atoms with van der Waals surface area (Å²) in [4.78, 5) is 12.9. The minimum absolute atomic E-state index is 0.143. The van der Waals surface area contributed by atoms with Gasteiger partial charge in [0, 0.05) is 6.07 Å². The van der Waals surface area contributed by atoms with Crippen LogP contribution in [0.2, 0.25) is 0 Å². The Morgan fingerprint density at radius 3 is 2.85 bits per heavy atom. The number of hydrogen-bond donors (Lipinski definition) is 0. The molecule has 0 N–H and O–H groups in total. The molecular weight excluding hydrogens is 342 g/mol. The molecule has 0 saturated heterocycles. The fourth-order valence-corrected chi connectivity index (χ4v) is 2.62. The van der Waals surface area contributed by atoms with Gasteiger partial charge in [0.05, 0.1) is 9.35 Å². The van der Waals surface area contributed by atoms with Gasteiger partial charge in [-0.2, -0.15) is 0 Å². The largest absolute Gasteiger partial charge is 0.421 e. The first-order valence-corrected chi connectivity index (χ1v) is 7.38. The summed E-state index contributed by atoms with van der Waals surface area (Å²) in [6.45, 7) is 0. The molecule has 3 rings (SSSR count). The van der Waals surface area contributed by atoms with Crippen molar-refractivity contribution < 1.29 is 14.1 Å². The van der Waals surface area contributed by atoms with Crippen LogP contribution >= 0.6 is 27.3 Å². The summed E-state index contributed by atoms with van der Waals surface area (Å²) in [5.41, 5.74) is 0.143. The fraction of sp³-hybridized carbons (Fsp3) is 0. The molecule has 2 aromatic heterocycles. The van der Waals surface area contributed by atoms with Gasteiger partial charge in [-0.05, 0) is 39.5 Å². The van der Waals surface area contributed by atoms with Gasteiger partial charge >= 0.3 is 5.97 Å². The smallest absolute Gasteiger partial charge is 0.365 e. The lowest BCUT2D eigenvalue weighted by Gasteiger charge is -2.03.